The fraction of sp³-hybridized carbons (Fsp3) is 0.286. The Morgan fingerprint density at radius 3 is 2.76 bits per heavy atom. The molecule has 1 aromatic carbocycles. The van der Waals surface area contributed by atoms with E-state index in [1.807, 2.05) is 30.3 Å². The Morgan fingerprint density at radius 1 is 1.24 bits per heavy atom. The molecule has 0 aliphatic heterocycles. The van der Waals surface area contributed by atoms with E-state index in [1.54, 1.807) is 19.6 Å². The van der Waals surface area contributed by atoms with Crippen LogP contribution in [0.4, 0.5) is 0 Å². The second kappa shape index (κ2) is 5.55. The lowest BCUT2D eigenvalue weighted by Gasteiger charge is -2.12. The smallest absolute Gasteiger partial charge is 0.122 e. The van der Waals surface area contributed by atoms with Crippen LogP contribution in [0.2, 0.25) is 0 Å². The first kappa shape index (κ1) is 11.7. The molecule has 0 radical (unpaired) electrons. The maximum atomic E-state index is 10.00. The summed E-state index contributed by atoms with van der Waals surface area (Å²) in [5.41, 5.74) is 2.03. The number of para-hydroxylation sites is 1. The Kier molecular flexibility index (Phi) is 3.83. The van der Waals surface area contributed by atoms with Gasteiger partial charge in [0.1, 0.15) is 5.75 Å². The topological polar surface area (TPSA) is 42.6 Å². The number of rotatable bonds is 5. The number of ether oxygens (including phenoxy) is 1. The first-order valence-corrected chi connectivity index (χ1v) is 5.60. The average molecular weight is 232 g/mol. The number of hydrogen-bond acceptors (Lipinski definition) is 3. The van der Waals surface area contributed by atoms with Gasteiger partial charge in [0.05, 0.1) is 25.7 Å². The predicted octanol–water partition coefficient (Wildman–Crippen LogP) is 2.43. The second-order valence-corrected chi connectivity index (χ2v) is 4.01. The van der Waals surface area contributed by atoms with Crippen molar-refractivity contribution >= 4 is 0 Å². The summed E-state index contributed by atoms with van der Waals surface area (Å²) in [6.45, 7) is 0. The number of aliphatic hydroxyl groups is 1. The van der Waals surface area contributed by atoms with Crippen LogP contribution in [0.15, 0.2) is 47.3 Å². The van der Waals surface area contributed by atoms with Crippen LogP contribution in [0.3, 0.4) is 0 Å². The van der Waals surface area contributed by atoms with Crippen LogP contribution >= 0.6 is 0 Å². The number of methoxy groups -OCH3 is 1. The highest BCUT2D eigenvalue weighted by Gasteiger charge is 2.10. The molecule has 0 fully saturated rings. The van der Waals surface area contributed by atoms with Gasteiger partial charge in [0, 0.05) is 12.8 Å². The van der Waals surface area contributed by atoms with Gasteiger partial charge in [-0.15, -0.1) is 0 Å². The third kappa shape index (κ3) is 3.11. The monoisotopic (exact) mass is 232 g/mol. The van der Waals surface area contributed by atoms with Crippen LogP contribution < -0.4 is 4.74 Å². The summed E-state index contributed by atoms with van der Waals surface area (Å²) >= 11 is 0. The van der Waals surface area contributed by atoms with Gasteiger partial charge in [0.2, 0.25) is 0 Å². The lowest BCUT2D eigenvalue weighted by molar-refractivity contribution is 0.174. The molecule has 0 bridgehead atoms. The molecule has 0 saturated heterocycles. The molecule has 2 rings (SSSR count). The minimum Gasteiger partial charge on any atom is -0.496 e. The van der Waals surface area contributed by atoms with Gasteiger partial charge in [-0.3, -0.25) is 0 Å². The number of furan rings is 1. The van der Waals surface area contributed by atoms with E-state index in [0.29, 0.717) is 12.8 Å². The molecule has 0 spiro atoms. The molecular weight excluding hydrogens is 216 g/mol. The van der Waals surface area contributed by atoms with E-state index in [4.69, 9.17) is 9.15 Å². The van der Waals surface area contributed by atoms with E-state index in [0.717, 1.165) is 16.9 Å². The van der Waals surface area contributed by atoms with E-state index in [9.17, 15) is 5.11 Å². The molecule has 1 N–H and O–H groups in total. The van der Waals surface area contributed by atoms with Crippen molar-refractivity contribution in [2.75, 3.05) is 7.11 Å². The maximum Gasteiger partial charge on any atom is 0.122 e. The highest BCUT2D eigenvalue weighted by molar-refractivity contribution is 5.33. The van der Waals surface area contributed by atoms with Gasteiger partial charge in [-0.25, -0.2) is 0 Å². The lowest BCUT2D eigenvalue weighted by atomic mass is 10.0. The lowest BCUT2D eigenvalue weighted by Crippen LogP contribution is -2.14. The summed E-state index contributed by atoms with van der Waals surface area (Å²) in [6, 6.07) is 9.61. The third-order valence-electron chi connectivity index (χ3n) is 2.70. The second-order valence-electron chi connectivity index (χ2n) is 4.01. The summed E-state index contributed by atoms with van der Waals surface area (Å²) in [7, 11) is 1.64. The molecule has 17 heavy (non-hydrogen) atoms. The van der Waals surface area contributed by atoms with E-state index < -0.39 is 6.10 Å². The molecule has 0 amide bonds. The Morgan fingerprint density at radius 2 is 2.06 bits per heavy atom. The van der Waals surface area contributed by atoms with Crippen molar-refractivity contribution in [2.24, 2.45) is 0 Å². The minimum absolute atomic E-state index is 0.427. The maximum absolute atomic E-state index is 10.00. The molecule has 1 unspecified atom stereocenters. The first-order valence-electron chi connectivity index (χ1n) is 5.60. The molecular formula is C14H16O3. The minimum atomic E-state index is -0.427. The Balaban J connectivity index is 2.00. The summed E-state index contributed by atoms with van der Waals surface area (Å²) in [4.78, 5) is 0. The van der Waals surface area contributed by atoms with Crippen molar-refractivity contribution < 1.29 is 14.3 Å². The Labute approximate surface area is 101 Å². The summed E-state index contributed by atoms with van der Waals surface area (Å²) < 4.78 is 10.2. The molecule has 1 atom stereocenters. The molecule has 3 heteroatoms. The van der Waals surface area contributed by atoms with Crippen molar-refractivity contribution in [1.29, 1.82) is 0 Å². The van der Waals surface area contributed by atoms with Crippen molar-refractivity contribution in [3.05, 3.63) is 54.0 Å². The van der Waals surface area contributed by atoms with Crippen LogP contribution in [0.25, 0.3) is 0 Å². The standard InChI is InChI=1S/C14H16O3/c1-16-14-5-3-2-4-12(14)9-13(15)8-11-6-7-17-10-11/h2-7,10,13,15H,8-9H2,1H3. The molecule has 3 nitrogen and oxygen atoms in total. The van der Waals surface area contributed by atoms with Gasteiger partial charge < -0.3 is 14.3 Å². The van der Waals surface area contributed by atoms with Crippen molar-refractivity contribution in [2.45, 2.75) is 18.9 Å². The molecule has 0 aliphatic carbocycles. The van der Waals surface area contributed by atoms with E-state index >= 15 is 0 Å². The Hall–Kier alpha value is -1.74. The van der Waals surface area contributed by atoms with E-state index in [-0.39, 0.29) is 0 Å². The van der Waals surface area contributed by atoms with Crippen LogP contribution in [-0.2, 0) is 12.8 Å². The van der Waals surface area contributed by atoms with Crippen molar-refractivity contribution in [3.8, 4) is 5.75 Å². The predicted molar refractivity (Wildman–Crippen MR) is 65.1 cm³/mol. The fourth-order valence-electron chi connectivity index (χ4n) is 1.88. The third-order valence-corrected chi connectivity index (χ3v) is 2.70. The zero-order valence-electron chi connectivity index (χ0n) is 9.80. The quantitative estimate of drug-likeness (QED) is 0.861. The molecule has 90 valence electrons. The van der Waals surface area contributed by atoms with E-state index in [1.165, 1.54) is 0 Å². The van der Waals surface area contributed by atoms with Gasteiger partial charge in [0.15, 0.2) is 0 Å². The normalized spacial score (nSPS) is 12.4. The van der Waals surface area contributed by atoms with Crippen LogP contribution in [0.1, 0.15) is 11.1 Å². The molecule has 1 aromatic heterocycles. The number of hydrogen-bond donors (Lipinski definition) is 1. The largest absolute Gasteiger partial charge is 0.496 e. The highest BCUT2D eigenvalue weighted by Crippen LogP contribution is 2.20. The zero-order chi connectivity index (χ0) is 12.1. The molecule has 2 aromatic rings. The Bertz CT molecular complexity index is 448. The zero-order valence-corrected chi connectivity index (χ0v) is 9.80. The van der Waals surface area contributed by atoms with Gasteiger partial charge in [-0.1, -0.05) is 18.2 Å². The van der Waals surface area contributed by atoms with Gasteiger partial charge in [0.25, 0.3) is 0 Å². The first-order chi connectivity index (χ1) is 8.29. The van der Waals surface area contributed by atoms with Crippen molar-refractivity contribution in [1.82, 2.24) is 0 Å². The average Bonchev–Trinajstić information content (AvgIpc) is 2.82. The molecule has 0 saturated carbocycles. The summed E-state index contributed by atoms with van der Waals surface area (Å²) in [5.74, 6) is 0.818. The van der Waals surface area contributed by atoms with E-state index in [2.05, 4.69) is 0 Å². The van der Waals surface area contributed by atoms with Gasteiger partial charge >= 0.3 is 0 Å². The number of aliphatic hydroxyl groups excluding tert-OH is 1. The van der Waals surface area contributed by atoms with Crippen molar-refractivity contribution in [3.63, 3.8) is 0 Å². The van der Waals surface area contributed by atoms with Gasteiger partial charge in [-0.05, 0) is 23.3 Å². The highest BCUT2D eigenvalue weighted by atomic mass is 16.5. The summed E-state index contributed by atoms with van der Waals surface area (Å²) in [5, 5.41) is 10.00. The summed E-state index contributed by atoms with van der Waals surface area (Å²) in [6.07, 6.45) is 4.02. The SMILES string of the molecule is COc1ccccc1CC(O)Cc1ccoc1. The molecule has 1 heterocycles. The number of benzene rings is 1. The van der Waals surface area contributed by atoms with Crippen LogP contribution in [0.5, 0.6) is 5.75 Å². The van der Waals surface area contributed by atoms with Gasteiger partial charge in [-0.2, -0.15) is 0 Å². The van der Waals surface area contributed by atoms with Crippen LogP contribution in [0, 0.1) is 0 Å². The molecule has 0 aliphatic rings. The fourth-order valence-corrected chi connectivity index (χ4v) is 1.88. The van der Waals surface area contributed by atoms with Crippen LogP contribution in [-0.4, -0.2) is 18.3 Å².